The number of carbonyl (C=O) groups is 1. The van der Waals surface area contributed by atoms with Crippen molar-refractivity contribution in [3.05, 3.63) is 66.0 Å². The van der Waals surface area contributed by atoms with E-state index in [9.17, 15) is 9.18 Å². The Hall–Kier alpha value is -2.40. The Morgan fingerprint density at radius 2 is 1.85 bits per heavy atom. The van der Waals surface area contributed by atoms with Crippen LogP contribution in [0.25, 0.3) is 0 Å². The van der Waals surface area contributed by atoms with Crippen molar-refractivity contribution in [2.75, 3.05) is 31.5 Å². The third-order valence-corrected chi connectivity index (χ3v) is 4.85. The third-order valence-electron chi connectivity index (χ3n) is 4.85. The summed E-state index contributed by atoms with van der Waals surface area (Å²) in [5.41, 5.74) is 1.93. The van der Waals surface area contributed by atoms with E-state index < -0.39 is 0 Å². The molecular weight excluding hydrogens is 329 g/mol. The van der Waals surface area contributed by atoms with E-state index >= 15 is 0 Å². The van der Waals surface area contributed by atoms with E-state index in [1.54, 1.807) is 6.07 Å². The molecular formula is C21H26FN3O. The smallest absolute Gasteiger partial charge is 0.223 e. The first kappa shape index (κ1) is 18.4. The number of nitrogens with one attached hydrogen (secondary N) is 2. The topological polar surface area (TPSA) is 44.4 Å². The van der Waals surface area contributed by atoms with Crippen LogP contribution in [0, 0.1) is 11.7 Å². The number of rotatable bonds is 7. The molecule has 2 N–H and O–H groups in total. The van der Waals surface area contributed by atoms with Crippen molar-refractivity contribution in [1.29, 1.82) is 0 Å². The van der Waals surface area contributed by atoms with Gasteiger partial charge >= 0.3 is 0 Å². The van der Waals surface area contributed by atoms with Crippen LogP contribution in [0.3, 0.4) is 0 Å². The monoisotopic (exact) mass is 355 g/mol. The first-order valence-electron chi connectivity index (χ1n) is 9.24. The summed E-state index contributed by atoms with van der Waals surface area (Å²) < 4.78 is 13.2. The summed E-state index contributed by atoms with van der Waals surface area (Å²) in [6.45, 7) is 4.11. The zero-order valence-corrected chi connectivity index (χ0v) is 15.0. The molecule has 1 fully saturated rings. The number of piperidine rings is 1. The van der Waals surface area contributed by atoms with Crippen LogP contribution in [-0.4, -0.2) is 37.0 Å². The number of likely N-dealkylation sites (tertiary alicyclic amines) is 1. The molecule has 1 heterocycles. The van der Waals surface area contributed by atoms with Gasteiger partial charge in [0.1, 0.15) is 5.82 Å². The van der Waals surface area contributed by atoms with E-state index in [-0.39, 0.29) is 17.6 Å². The van der Waals surface area contributed by atoms with Crippen molar-refractivity contribution in [1.82, 2.24) is 10.2 Å². The van der Waals surface area contributed by atoms with Gasteiger partial charge in [-0.25, -0.2) is 4.39 Å². The number of halogens is 1. The van der Waals surface area contributed by atoms with E-state index in [1.807, 2.05) is 36.4 Å². The lowest BCUT2D eigenvalue weighted by atomic mass is 9.96. The van der Waals surface area contributed by atoms with E-state index in [2.05, 4.69) is 15.5 Å². The molecule has 0 radical (unpaired) electrons. The highest BCUT2D eigenvalue weighted by Gasteiger charge is 2.24. The molecule has 0 aliphatic carbocycles. The second kappa shape index (κ2) is 9.34. The van der Waals surface area contributed by atoms with Gasteiger partial charge in [-0.05, 0) is 49.7 Å². The molecule has 1 saturated heterocycles. The summed E-state index contributed by atoms with van der Waals surface area (Å²) in [6, 6.07) is 16.5. The maximum atomic E-state index is 13.2. The van der Waals surface area contributed by atoms with Gasteiger partial charge in [0.05, 0.1) is 0 Å². The first-order valence-corrected chi connectivity index (χ1v) is 9.24. The van der Waals surface area contributed by atoms with Crippen LogP contribution in [0.1, 0.15) is 18.4 Å². The molecule has 3 rings (SSSR count). The summed E-state index contributed by atoms with van der Waals surface area (Å²) in [6.07, 6.45) is 1.78. The zero-order chi connectivity index (χ0) is 18.2. The molecule has 1 aliphatic rings. The number of hydrogen-bond acceptors (Lipinski definition) is 3. The zero-order valence-electron chi connectivity index (χ0n) is 15.0. The molecule has 1 amide bonds. The summed E-state index contributed by atoms with van der Waals surface area (Å²) in [5, 5.41) is 6.29. The van der Waals surface area contributed by atoms with Crippen molar-refractivity contribution in [3.63, 3.8) is 0 Å². The normalized spacial score (nSPS) is 15.6. The molecule has 0 saturated carbocycles. The molecule has 4 nitrogen and oxygen atoms in total. The Morgan fingerprint density at radius 1 is 1.08 bits per heavy atom. The molecule has 138 valence electrons. The number of hydrogen-bond donors (Lipinski definition) is 2. The third kappa shape index (κ3) is 5.56. The molecule has 0 spiro atoms. The fourth-order valence-corrected chi connectivity index (χ4v) is 3.30. The minimum Gasteiger partial charge on any atom is -0.384 e. The lowest BCUT2D eigenvalue weighted by molar-refractivity contribution is -0.126. The molecule has 26 heavy (non-hydrogen) atoms. The standard InChI is InChI=1S/C21H26FN3O/c22-19-7-4-8-20(15-19)23-11-14-25-12-9-18(10-13-25)21(26)24-16-17-5-2-1-3-6-17/h1-8,15,18,23H,9-14,16H2,(H,24,26). The molecule has 0 atom stereocenters. The van der Waals surface area contributed by atoms with Crippen molar-refractivity contribution in [2.24, 2.45) is 5.92 Å². The van der Waals surface area contributed by atoms with Crippen LogP contribution in [-0.2, 0) is 11.3 Å². The van der Waals surface area contributed by atoms with Gasteiger partial charge in [-0.1, -0.05) is 36.4 Å². The maximum Gasteiger partial charge on any atom is 0.223 e. The molecule has 1 aliphatic heterocycles. The highest BCUT2D eigenvalue weighted by atomic mass is 19.1. The van der Waals surface area contributed by atoms with Crippen LogP contribution in [0.15, 0.2) is 54.6 Å². The quantitative estimate of drug-likeness (QED) is 0.801. The Balaban J connectivity index is 1.34. The van der Waals surface area contributed by atoms with Crippen LogP contribution < -0.4 is 10.6 Å². The highest BCUT2D eigenvalue weighted by Crippen LogP contribution is 2.17. The highest BCUT2D eigenvalue weighted by molar-refractivity contribution is 5.78. The average molecular weight is 355 g/mol. The minimum atomic E-state index is -0.225. The predicted molar refractivity (Wildman–Crippen MR) is 102 cm³/mol. The molecule has 2 aromatic rings. The Kier molecular flexibility index (Phi) is 6.61. The lowest BCUT2D eigenvalue weighted by Gasteiger charge is -2.31. The predicted octanol–water partition coefficient (Wildman–Crippen LogP) is 3.27. The number of benzene rings is 2. The average Bonchev–Trinajstić information content (AvgIpc) is 2.67. The first-order chi connectivity index (χ1) is 12.7. The lowest BCUT2D eigenvalue weighted by Crippen LogP contribution is -2.41. The fourth-order valence-electron chi connectivity index (χ4n) is 3.30. The SMILES string of the molecule is O=C(NCc1ccccc1)C1CCN(CCNc2cccc(F)c2)CC1. The Labute approximate surface area is 154 Å². The Bertz CT molecular complexity index is 699. The second-order valence-corrected chi connectivity index (χ2v) is 6.76. The van der Waals surface area contributed by atoms with E-state index in [0.717, 1.165) is 50.3 Å². The fraction of sp³-hybridized carbons (Fsp3) is 0.381. The van der Waals surface area contributed by atoms with Crippen molar-refractivity contribution >= 4 is 11.6 Å². The van der Waals surface area contributed by atoms with Gasteiger partial charge in [0.15, 0.2) is 0 Å². The van der Waals surface area contributed by atoms with Gasteiger partial charge in [0.25, 0.3) is 0 Å². The van der Waals surface area contributed by atoms with E-state index in [4.69, 9.17) is 0 Å². The molecule has 5 heteroatoms. The maximum absolute atomic E-state index is 13.2. The molecule has 0 bridgehead atoms. The van der Waals surface area contributed by atoms with E-state index in [1.165, 1.54) is 12.1 Å². The van der Waals surface area contributed by atoms with Crippen molar-refractivity contribution < 1.29 is 9.18 Å². The van der Waals surface area contributed by atoms with Crippen molar-refractivity contribution in [3.8, 4) is 0 Å². The van der Waals surface area contributed by atoms with Crippen LogP contribution in [0.5, 0.6) is 0 Å². The van der Waals surface area contributed by atoms with Gasteiger partial charge in [0.2, 0.25) is 5.91 Å². The van der Waals surface area contributed by atoms with Crippen LogP contribution >= 0.6 is 0 Å². The number of anilines is 1. The van der Waals surface area contributed by atoms with Crippen molar-refractivity contribution in [2.45, 2.75) is 19.4 Å². The van der Waals surface area contributed by atoms with Gasteiger partial charge in [-0.2, -0.15) is 0 Å². The van der Waals surface area contributed by atoms with E-state index in [0.29, 0.717) is 6.54 Å². The number of amides is 1. The summed E-state index contributed by atoms with van der Waals surface area (Å²) in [7, 11) is 0. The molecule has 0 unspecified atom stereocenters. The van der Waals surface area contributed by atoms with Gasteiger partial charge < -0.3 is 15.5 Å². The van der Waals surface area contributed by atoms with Gasteiger partial charge in [-0.3, -0.25) is 4.79 Å². The Morgan fingerprint density at radius 3 is 2.58 bits per heavy atom. The molecule has 2 aromatic carbocycles. The summed E-state index contributed by atoms with van der Waals surface area (Å²) in [4.78, 5) is 14.7. The number of carbonyl (C=O) groups excluding carboxylic acids is 1. The second-order valence-electron chi connectivity index (χ2n) is 6.76. The minimum absolute atomic E-state index is 0.103. The van der Waals surface area contributed by atoms with Gasteiger partial charge in [0, 0.05) is 31.2 Å². The number of nitrogens with zero attached hydrogens (tertiary/aromatic N) is 1. The largest absolute Gasteiger partial charge is 0.384 e. The van der Waals surface area contributed by atoms with Gasteiger partial charge in [-0.15, -0.1) is 0 Å². The molecule has 0 aromatic heterocycles. The summed E-state index contributed by atoms with van der Waals surface area (Å²) >= 11 is 0. The van der Waals surface area contributed by atoms with Crippen LogP contribution in [0.2, 0.25) is 0 Å². The van der Waals surface area contributed by atoms with Crippen LogP contribution in [0.4, 0.5) is 10.1 Å². The summed E-state index contributed by atoms with van der Waals surface area (Å²) in [5.74, 6) is 0.0369.